The van der Waals surface area contributed by atoms with Crippen molar-refractivity contribution in [3.8, 4) is 0 Å². The molecule has 8 heteroatoms. The van der Waals surface area contributed by atoms with E-state index >= 15 is 0 Å². The molecule has 1 aliphatic rings. The van der Waals surface area contributed by atoms with Crippen molar-refractivity contribution in [3.05, 3.63) is 0 Å². The van der Waals surface area contributed by atoms with E-state index in [-0.39, 0.29) is 0 Å². The Labute approximate surface area is 111 Å². The fourth-order valence-corrected chi connectivity index (χ4v) is 3.34. The molecule has 16 heavy (non-hydrogen) atoms. The van der Waals surface area contributed by atoms with E-state index in [0.29, 0.717) is 0 Å². The summed E-state index contributed by atoms with van der Waals surface area (Å²) in [5.74, 6) is -5.38. The Hall–Kier alpha value is 0.1000. The van der Waals surface area contributed by atoms with Gasteiger partial charge in [0.05, 0.1) is 33.3 Å². The molecule has 6 unspecified atom stereocenters. The Bertz CT molecular complexity index is 280. The summed E-state index contributed by atoms with van der Waals surface area (Å²) in [6.45, 7) is 0. The van der Waals surface area contributed by atoms with Crippen LogP contribution in [0.2, 0.25) is 0 Å². The lowest BCUT2D eigenvalue weighted by molar-refractivity contribution is -0.154. The lowest BCUT2D eigenvalue weighted by Gasteiger charge is -2.39. The van der Waals surface area contributed by atoms with Crippen LogP contribution in [0.4, 0.5) is 0 Å². The fourth-order valence-electron chi connectivity index (χ4n) is 1.72. The average Bonchev–Trinajstić information content (AvgIpc) is 2.18. The summed E-state index contributed by atoms with van der Waals surface area (Å²) in [5, 5.41) is 14.0. The third kappa shape index (κ3) is 2.35. The van der Waals surface area contributed by atoms with E-state index in [1.165, 1.54) is 0 Å². The molecular weight excluding hydrogens is 302 g/mol. The molecule has 92 valence electrons. The third-order valence-corrected chi connectivity index (χ3v) is 5.11. The van der Waals surface area contributed by atoms with E-state index in [2.05, 4.69) is 0 Å². The van der Waals surface area contributed by atoms with Gasteiger partial charge < -0.3 is 10.2 Å². The molecule has 0 amide bonds. The molecule has 1 rings (SSSR count). The molecule has 0 bridgehead atoms. The van der Waals surface area contributed by atoms with Gasteiger partial charge in [0.25, 0.3) is 0 Å². The molecule has 0 aromatic heterocycles. The summed E-state index contributed by atoms with van der Waals surface area (Å²) in [6.07, 6.45) is 0. The van der Waals surface area contributed by atoms with Gasteiger partial charge in [-0.05, 0) is 0 Å². The van der Waals surface area contributed by atoms with Gasteiger partial charge in [0, 0.05) is 0 Å². The number of hydrogen-bond donors (Lipinski definition) is 2. The number of rotatable bonds is 2. The highest BCUT2D eigenvalue weighted by Crippen LogP contribution is 2.42. The maximum atomic E-state index is 11.0. The van der Waals surface area contributed by atoms with Crippen LogP contribution in [0, 0.1) is 11.8 Å². The first-order valence-corrected chi connectivity index (χ1v) is 6.05. The van der Waals surface area contributed by atoms with Gasteiger partial charge in [0.15, 0.2) is 0 Å². The van der Waals surface area contributed by atoms with Gasteiger partial charge in [-0.1, -0.05) is 0 Å². The zero-order valence-corrected chi connectivity index (χ0v) is 10.7. The molecular formula is C8H8Cl4O4. The summed E-state index contributed by atoms with van der Waals surface area (Å²) < 4.78 is 0. The summed E-state index contributed by atoms with van der Waals surface area (Å²) in [7, 11) is 0. The van der Waals surface area contributed by atoms with E-state index < -0.39 is 45.3 Å². The third-order valence-electron chi connectivity index (χ3n) is 2.56. The number of alkyl halides is 4. The molecule has 0 saturated heterocycles. The summed E-state index contributed by atoms with van der Waals surface area (Å²) >= 11 is 23.2. The number of hydrogen-bond acceptors (Lipinski definition) is 2. The smallest absolute Gasteiger partial charge is 0.308 e. The molecule has 2 N–H and O–H groups in total. The molecule has 0 heterocycles. The molecule has 0 aromatic rings. The number of aliphatic carboxylic acids is 2. The van der Waals surface area contributed by atoms with E-state index in [1.807, 2.05) is 0 Å². The van der Waals surface area contributed by atoms with Crippen molar-refractivity contribution in [2.24, 2.45) is 11.8 Å². The van der Waals surface area contributed by atoms with Gasteiger partial charge in [-0.15, -0.1) is 46.4 Å². The minimum absolute atomic E-state index is 0.887. The number of carboxylic acid groups (broad SMARTS) is 2. The van der Waals surface area contributed by atoms with Gasteiger partial charge in [0.2, 0.25) is 0 Å². The lowest BCUT2D eigenvalue weighted by Crippen LogP contribution is -2.55. The van der Waals surface area contributed by atoms with Crippen LogP contribution < -0.4 is 0 Å². The standard InChI is InChI=1S/C8H8Cl4O4/c9-3-1(7(13)14)2(8(15)16)4(10)6(12)5(3)11/h1-6H,(H,13,14)(H,15,16). The SMILES string of the molecule is O=C(O)C1C(Cl)C(Cl)C(Cl)C(Cl)C1C(=O)O. The largest absolute Gasteiger partial charge is 0.481 e. The molecule has 4 nitrogen and oxygen atoms in total. The van der Waals surface area contributed by atoms with Crippen molar-refractivity contribution >= 4 is 58.3 Å². The highest BCUT2D eigenvalue weighted by atomic mass is 35.5. The maximum Gasteiger partial charge on any atom is 0.308 e. The van der Waals surface area contributed by atoms with Crippen LogP contribution in [0.5, 0.6) is 0 Å². The highest BCUT2D eigenvalue weighted by Gasteiger charge is 2.54. The first-order valence-electron chi connectivity index (χ1n) is 4.31. The van der Waals surface area contributed by atoms with Crippen molar-refractivity contribution in [2.45, 2.75) is 21.5 Å². The van der Waals surface area contributed by atoms with E-state index in [4.69, 9.17) is 56.6 Å². The van der Waals surface area contributed by atoms with Gasteiger partial charge in [-0.2, -0.15) is 0 Å². The van der Waals surface area contributed by atoms with E-state index in [9.17, 15) is 9.59 Å². The zero-order chi connectivity index (χ0) is 12.6. The van der Waals surface area contributed by atoms with Gasteiger partial charge in [-0.3, -0.25) is 9.59 Å². The van der Waals surface area contributed by atoms with Crippen LogP contribution >= 0.6 is 46.4 Å². The molecule has 0 aromatic carbocycles. The Morgan fingerprint density at radius 1 is 0.688 bits per heavy atom. The molecule has 1 saturated carbocycles. The van der Waals surface area contributed by atoms with Crippen molar-refractivity contribution < 1.29 is 19.8 Å². The Morgan fingerprint density at radius 2 is 0.938 bits per heavy atom. The minimum Gasteiger partial charge on any atom is -0.481 e. The van der Waals surface area contributed by atoms with Gasteiger partial charge in [-0.25, -0.2) is 0 Å². The molecule has 0 spiro atoms. The normalized spacial score (nSPS) is 44.0. The second-order valence-electron chi connectivity index (χ2n) is 3.51. The lowest BCUT2D eigenvalue weighted by atomic mass is 9.78. The van der Waals surface area contributed by atoms with Crippen LogP contribution in [0.15, 0.2) is 0 Å². The molecule has 1 aliphatic carbocycles. The zero-order valence-electron chi connectivity index (χ0n) is 7.69. The molecule has 0 aliphatic heterocycles. The van der Waals surface area contributed by atoms with Crippen molar-refractivity contribution in [3.63, 3.8) is 0 Å². The minimum atomic E-state index is -1.35. The van der Waals surface area contributed by atoms with Gasteiger partial charge >= 0.3 is 11.9 Å². The van der Waals surface area contributed by atoms with Crippen LogP contribution in [0.3, 0.4) is 0 Å². The van der Waals surface area contributed by atoms with E-state index in [1.54, 1.807) is 0 Å². The first kappa shape index (κ1) is 14.2. The highest BCUT2D eigenvalue weighted by molar-refractivity contribution is 6.39. The second-order valence-corrected chi connectivity index (χ2v) is 5.52. The average molecular weight is 310 g/mol. The first-order chi connectivity index (χ1) is 7.29. The van der Waals surface area contributed by atoms with Gasteiger partial charge in [0.1, 0.15) is 0 Å². The summed E-state index contributed by atoms with van der Waals surface area (Å²) in [6, 6.07) is 0. The van der Waals surface area contributed by atoms with Crippen molar-refractivity contribution in [2.75, 3.05) is 0 Å². The molecule has 6 atom stereocenters. The van der Waals surface area contributed by atoms with Crippen LogP contribution in [0.25, 0.3) is 0 Å². The Morgan fingerprint density at radius 3 is 1.12 bits per heavy atom. The molecule has 0 radical (unpaired) electrons. The van der Waals surface area contributed by atoms with E-state index in [0.717, 1.165) is 0 Å². The topological polar surface area (TPSA) is 74.6 Å². The number of carboxylic acids is 2. The number of carbonyl (C=O) groups is 2. The maximum absolute atomic E-state index is 11.0. The van der Waals surface area contributed by atoms with Crippen LogP contribution in [-0.4, -0.2) is 43.7 Å². The predicted octanol–water partition coefficient (Wildman–Crippen LogP) is 1.83. The van der Waals surface area contributed by atoms with Crippen molar-refractivity contribution in [1.82, 2.24) is 0 Å². The Balaban J connectivity index is 3.10. The predicted molar refractivity (Wildman–Crippen MR) is 60.8 cm³/mol. The van der Waals surface area contributed by atoms with Crippen LogP contribution in [-0.2, 0) is 9.59 Å². The van der Waals surface area contributed by atoms with Crippen LogP contribution in [0.1, 0.15) is 0 Å². The second kappa shape index (κ2) is 5.17. The molecule has 1 fully saturated rings. The number of halogens is 4. The monoisotopic (exact) mass is 308 g/mol. The summed E-state index contributed by atoms with van der Waals surface area (Å²) in [5.41, 5.74) is 0. The summed E-state index contributed by atoms with van der Waals surface area (Å²) in [4.78, 5) is 21.9. The Kier molecular flexibility index (Phi) is 4.57. The fraction of sp³-hybridized carbons (Fsp3) is 0.750. The quantitative estimate of drug-likeness (QED) is 0.763. The van der Waals surface area contributed by atoms with Crippen molar-refractivity contribution in [1.29, 1.82) is 0 Å².